The van der Waals surface area contributed by atoms with E-state index in [9.17, 15) is 28.8 Å². The zero-order chi connectivity index (χ0) is 41.8. The van der Waals surface area contributed by atoms with Gasteiger partial charge in [0.15, 0.2) is 11.2 Å². The van der Waals surface area contributed by atoms with Gasteiger partial charge in [-0.15, -0.1) is 20.4 Å². The first-order chi connectivity index (χ1) is 27.7. The minimum absolute atomic E-state index is 0.0660. The Kier molecular flexibility index (Phi) is 15.0. The molecule has 310 valence electrons. The fraction of sp³-hybridized carbons (Fsp3) is 0.432. The number of unbranched alkanes of at least 4 members (excludes halogenated alkanes) is 4. The van der Waals surface area contributed by atoms with E-state index in [2.05, 4.69) is 0 Å². The molecule has 0 aromatic carbocycles. The molecule has 2 saturated heterocycles. The number of anilines is 1. The number of aromatic nitrogens is 3. The summed E-state index contributed by atoms with van der Waals surface area (Å²) < 4.78 is 48.1. The van der Waals surface area contributed by atoms with E-state index in [1.165, 1.54) is 0 Å². The number of hydroxylamine groups is 4. The van der Waals surface area contributed by atoms with Gasteiger partial charge in [-0.25, -0.2) is 32.8 Å². The van der Waals surface area contributed by atoms with Gasteiger partial charge in [-0.1, -0.05) is 13.3 Å². The van der Waals surface area contributed by atoms with Crippen LogP contribution in [0.4, 0.5) is 5.82 Å². The Bertz CT molecular complexity index is 2170. The number of imide groups is 2. The van der Waals surface area contributed by atoms with Crippen LogP contribution in [0, 0.1) is 10.2 Å². The van der Waals surface area contributed by atoms with Crippen LogP contribution in [0.15, 0.2) is 45.0 Å². The molecular formula is C37H41ClN6O14. The lowest BCUT2D eigenvalue weighted by atomic mass is 10.2. The monoisotopic (exact) mass is 828 g/mol. The largest absolute Gasteiger partial charge is 0.435 e. The van der Waals surface area contributed by atoms with E-state index in [1.54, 1.807) is 0 Å². The molecule has 0 atom stereocenters. The lowest BCUT2D eigenvalue weighted by molar-refractivity contribution is -2.00. The SMILES string of the molecule is CCC(/C=c1/nc2c(o1)=CC=CN2CCCCCC(=O)ON1C(=O)CCC1=O)=C\c1nc2c(ccc[n+]2CCCCCC(=O)ON2C(=O)CCC2=O)o1.[O-][Cl+3]([O-])([O-])[O-]. The van der Waals surface area contributed by atoms with Crippen molar-refractivity contribution in [3.8, 4) is 0 Å². The van der Waals surface area contributed by atoms with Crippen molar-refractivity contribution in [3.63, 3.8) is 0 Å². The summed E-state index contributed by atoms with van der Waals surface area (Å²) in [4.78, 5) is 92.0. The first-order valence-electron chi connectivity index (χ1n) is 18.6. The van der Waals surface area contributed by atoms with Crippen molar-refractivity contribution < 1.29 is 80.7 Å². The van der Waals surface area contributed by atoms with Crippen LogP contribution in [0.1, 0.15) is 96.3 Å². The second-order valence-corrected chi connectivity index (χ2v) is 13.9. The molecule has 2 fully saturated rings. The van der Waals surface area contributed by atoms with Gasteiger partial charge in [0.25, 0.3) is 23.6 Å². The standard InChI is InChI=1S/C37H41N6O10.ClHO4/c1-2-25(23-28-38-36-26(50-28)11-9-21-40(36)19-7-3-5-13-34(48)52-42-30(44)15-16-31(42)45)24-29-39-37-27(51-29)12-10-22-41(37)20-8-4-6-14-35(49)53-43-32(46)17-18-33(43)47;2-1(3,4)5/h9-12,21-24H,2-8,13-20H2,1H3;(H,2,3,4,5)/q+1;/p-1. The number of allylic oxidation sites excluding steroid dienone is 2. The van der Waals surface area contributed by atoms with Crippen molar-refractivity contribution in [1.82, 2.24) is 20.1 Å². The number of nitrogens with zero attached hydrogens (tertiary/aromatic N) is 6. The topological polar surface area (TPSA) is 279 Å². The molecule has 3 aliphatic rings. The van der Waals surface area contributed by atoms with Gasteiger partial charge in [-0.3, -0.25) is 19.2 Å². The van der Waals surface area contributed by atoms with Gasteiger partial charge in [-0.05, 0) is 68.4 Å². The summed E-state index contributed by atoms with van der Waals surface area (Å²) in [5.41, 5.74) is 3.30. The molecule has 3 aromatic rings. The molecule has 0 radical (unpaired) electrons. The molecule has 3 aliphatic heterocycles. The number of aryl methyl sites for hydroxylation is 1. The van der Waals surface area contributed by atoms with Crippen LogP contribution in [0.5, 0.6) is 0 Å². The van der Waals surface area contributed by atoms with Crippen LogP contribution in [0.3, 0.4) is 0 Å². The maximum absolute atomic E-state index is 12.1. The van der Waals surface area contributed by atoms with Crippen LogP contribution >= 0.6 is 0 Å². The molecule has 0 unspecified atom stereocenters. The molecule has 6 heterocycles. The summed E-state index contributed by atoms with van der Waals surface area (Å²) in [7, 11) is -4.94. The lowest BCUT2D eigenvalue weighted by Gasteiger charge is -2.18. The number of carbonyl (C=O) groups is 6. The summed E-state index contributed by atoms with van der Waals surface area (Å²) >= 11 is 0. The van der Waals surface area contributed by atoms with Crippen LogP contribution < -0.4 is 39.1 Å². The zero-order valence-electron chi connectivity index (χ0n) is 31.5. The Balaban J connectivity index is 0.00000121. The molecule has 0 aliphatic carbocycles. The average Bonchev–Trinajstić information content (AvgIpc) is 3.94. The minimum atomic E-state index is -4.94. The maximum Gasteiger partial charge on any atom is 0.370 e. The lowest BCUT2D eigenvalue weighted by Crippen LogP contribution is -2.68. The van der Waals surface area contributed by atoms with Crippen LogP contribution in [0.2, 0.25) is 0 Å². The van der Waals surface area contributed by atoms with Crippen molar-refractivity contribution >= 4 is 70.8 Å². The van der Waals surface area contributed by atoms with E-state index >= 15 is 0 Å². The predicted octanol–water partition coefficient (Wildman–Crippen LogP) is -1.93. The molecule has 6 rings (SSSR count). The highest BCUT2D eigenvalue weighted by Gasteiger charge is 2.33. The number of pyridine rings is 1. The molecular weight excluding hydrogens is 788 g/mol. The smallest absolute Gasteiger partial charge is 0.370 e. The second kappa shape index (κ2) is 20.1. The maximum atomic E-state index is 12.1. The van der Waals surface area contributed by atoms with Crippen LogP contribution in [-0.4, -0.2) is 62.2 Å². The Morgan fingerprint density at radius 2 is 1.43 bits per heavy atom. The van der Waals surface area contributed by atoms with Crippen molar-refractivity contribution in [1.29, 1.82) is 0 Å². The normalized spacial score (nSPS) is 15.9. The molecule has 0 saturated carbocycles. The van der Waals surface area contributed by atoms with Crippen molar-refractivity contribution in [2.24, 2.45) is 0 Å². The van der Waals surface area contributed by atoms with Crippen LogP contribution in [0.25, 0.3) is 29.5 Å². The highest BCUT2D eigenvalue weighted by atomic mass is 35.7. The fourth-order valence-electron chi connectivity index (χ4n) is 6.03. The van der Waals surface area contributed by atoms with Gasteiger partial charge in [0.2, 0.25) is 11.1 Å². The Morgan fingerprint density at radius 1 is 0.845 bits per heavy atom. The molecule has 0 N–H and O–H groups in total. The molecule has 0 bridgehead atoms. The minimum Gasteiger partial charge on any atom is -0.435 e. The van der Waals surface area contributed by atoms with Gasteiger partial charge in [0.1, 0.15) is 0 Å². The molecule has 3 aromatic heterocycles. The van der Waals surface area contributed by atoms with Gasteiger partial charge in [0.05, 0.1) is 12.7 Å². The number of halogens is 1. The number of oxazole rings is 2. The third-order valence-electron chi connectivity index (χ3n) is 8.86. The Labute approximate surface area is 332 Å². The van der Waals surface area contributed by atoms with Crippen molar-refractivity contribution in [2.45, 2.75) is 96.9 Å². The molecule has 0 spiro atoms. The van der Waals surface area contributed by atoms with Crippen molar-refractivity contribution in [3.05, 3.63) is 53.0 Å². The fourth-order valence-corrected chi connectivity index (χ4v) is 6.03. The highest BCUT2D eigenvalue weighted by molar-refractivity contribution is 6.02. The van der Waals surface area contributed by atoms with Crippen LogP contribution in [-0.2, 0) is 45.0 Å². The second-order valence-electron chi connectivity index (χ2n) is 13.2. The third kappa shape index (κ3) is 12.6. The average molecular weight is 829 g/mol. The molecule has 4 amide bonds. The Hall–Kier alpha value is -5.80. The molecule has 20 nitrogen and oxygen atoms in total. The summed E-state index contributed by atoms with van der Waals surface area (Å²) in [5.74, 6) is -2.01. The van der Waals surface area contributed by atoms with E-state index in [4.69, 9.17) is 47.1 Å². The quantitative estimate of drug-likeness (QED) is 0.0814. The number of carbonyl (C=O) groups excluding carboxylic acids is 6. The summed E-state index contributed by atoms with van der Waals surface area (Å²) in [5, 5.41) is 1.15. The Morgan fingerprint density at radius 3 is 2.02 bits per heavy atom. The third-order valence-corrected chi connectivity index (χ3v) is 8.86. The van der Waals surface area contributed by atoms with Gasteiger partial charge >= 0.3 is 23.5 Å². The summed E-state index contributed by atoms with van der Waals surface area (Å²) in [6.07, 6.45) is 16.5. The van der Waals surface area contributed by atoms with Crippen molar-refractivity contribution in [2.75, 3.05) is 11.4 Å². The summed E-state index contributed by atoms with van der Waals surface area (Å²) in [6.45, 7) is 3.31. The van der Waals surface area contributed by atoms with E-state index in [0.717, 1.165) is 31.3 Å². The van der Waals surface area contributed by atoms with Gasteiger partial charge < -0.3 is 23.4 Å². The first-order valence-corrected chi connectivity index (χ1v) is 19.8. The highest BCUT2D eigenvalue weighted by Crippen LogP contribution is 2.18. The first kappa shape index (κ1) is 43.3. The number of rotatable bonds is 17. The zero-order valence-corrected chi connectivity index (χ0v) is 32.3. The predicted molar refractivity (Wildman–Crippen MR) is 185 cm³/mol. The summed E-state index contributed by atoms with van der Waals surface area (Å²) in [6, 6.07) is 3.74. The number of hydrogen-bond donors (Lipinski definition) is 0. The molecule has 21 heteroatoms. The van der Waals surface area contributed by atoms with E-state index in [-0.39, 0.29) is 38.5 Å². The van der Waals surface area contributed by atoms with E-state index < -0.39 is 45.8 Å². The number of amides is 4. The number of fused-ring (bicyclic) bond motifs is 2. The van der Waals surface area contributed by atoms with Gasteiger partial charge in [-0.2, -0.15) is 4.98 Å². The van der Waals surface area contributed by atoms with Gasteiger partial charge in [0, 0.05) is 68.4 Å². The molecule has 58 heavy (non-hydrogen) atoms. The van der Waals surface area contributed by atoms with E-state index in [1.807, 2.05) is 65.2 Å². The number of hydrogen-bond acceptors (Lipinski definition) is 17. The van der Waals surface area contributed by atoms with E-state index in [0.29, 0.717) is 76.4 Å².